The van der Waals surface area contributed by atoms with Gasteiger partial charge in [0.05, 0.1) is 0 Å². The molecule has 0 spiro atoms. The van der Waals surface area contributed by atoms with E-state index in [1.807, 2.05) is 0 Å². The van der Waals surface area contributed by atoms with Crippen molar-refractivity contribution in [2.24, 2.45) is 0 Å². The molecule has 2 nitrogen and oxygen atoms in total. The van der Waals surface area contributed by atoms with E-state index in [2.05, 4.69) is 0 Å². The third-order valence-electron chi connectivity index (χ3n) is 2.42. The molecular weight excluding hydrogens is 238 g/mol. The number of hydrogen-bond donors (Lipinski definition) is 1. The fourth-order valence-corrected chi connectivity index (χ4v) is 1.57. The highest BCUT2D eigenvalue weighted by Gasteiger charge is 2.06. The van der Waals surface area contributed by atoms with Crippen molar-refractivity contribution in [1.82, 2.24) is 0 Å². The van der Waals surface area contributed by atoms with Crippen LogP contribution in [0.5, 0.6) is 11.5 Å². The fraction of sp³-hybridized carbons (Fsp3) is 0.143. The Kier molecular flexibility index (Phi) is 3.89. The standard InChI is InChI=1S/C14H12F2O2/c15-11-2-1-3-12(9-11)18-14-5-4-10(6-7-17)8-13(14)16/h1-5,8-9,17H,6-7H2. The van der Waals surface area contributed by atoms with E-state index in [1.54, 1.807) is 12.1 Å². The van der Waals surface area contributed by atoms with Gasteiger partial charge < -0.3 is 9.84 Å². The second kappa shape index (κ2) is 5.60. The number of rotatable bonds is 4. The van der Waals surface area contributed by atoms with Gasteiger partial charge >= 0.3 is 0 Å². The average molecular weight is 250 g/mol. The minimum atomic E-state index is -0.537. The quantitative estimate of drug-likeness (QED) is 0.902. The van der Waals surface area contributed by atoms with E-state index in [-0.39, 0.29) is 18.1 Å². The van der Waals surface area contributed by atoms with Crippen LogP contribution < -0.4 is 4.74 Å². The van der Waals surface area contributed by atoms with Crippen LogP contribution in [0.15, 0.2) is 42.5 Å². The molecule has 18 heavy (non-hydrogen) atoms. The van der Waals surface area contributed by atoms with Crippen LogP contribution >= 0.6 is 0 Å². The molecule has 2 aromatic carbocycles. The Labute approximate surface area is 103 Å². The van der Waals surface area contributed by atoms with E-state index in [9.17, 15) is 8.78 Å². The number of aliphatic hydroxyl groups is 1. The van der Waals surface area contributed by atoms with Crippen LogP contribution in [-0.4, -0.2) is 11.7 Å². The number of hydrogen-bond acceptors (Lipinski definition) is 2. The molecule has 0 aliphatic heterocycles. The van der Waals surface area contributed by atoms with E-state index in [0.717, 1.165) is 0 Å². The third kappa shape index (κ3) is 3.05. The SMILES string of the molecule is OCCc1ccc(Oc2cccc(F)c2)c(F)c1. The first-order valence-electron chi connectivity index (χ1n) is 5.52. The molecule has 4 heteroatoms. The summed E-state index contributed by atoms with van der Waals surface area (Å²) in [6.45, 7) is -0.0382. The van der Waals surface area contributed by atoms with Crippen LogP contribution in [0.3, 0.4) is 0 Å². The molecule has 0 aliphatic carbocycles. The maximum Gasteiger partial charge on any atom is 0.165 e. The highest BCUT2D eigenvalue weighted by atomic mass is 19.1. The van der Waals surface area contributed by atoms with Crippen LogP contribution in [0.4, 0.5) is 8.78 Å². The van der Waals surface area contributed by atoms with Gasteiger partial charge in [0, 0.05) is 12.7 Å². The lowest BCUT2D eigenvalue weighted by Crippen LogP contribution is -1.94. The van der Waals surface area contributed by atoms with E-state index < -0.39 is 11.6 Å². The Bertz CT molecular complexity index is 541. The molecule has 0 aliphatic rings. The second-order valence-electron chi connectivity index (χ2n) is 3.80. The zero-order valence-electron chi connectivity index (χ0n) is 9.57. The van der Waals surface area contributed by atoms with Crippen LogP contribution in [0, 0.1) is 11.6 Å². The molecule has 0 saturated carbocycles. The molecule has 0 saturated heterocycles. The number of ether oxygens (including phenoxy) is 1. The van der Waals surface area contributed by atoms with Gasteiger partial charge in [0.15, 0.2) is 11.6 Å². The lowest BCUT2D eigenvalue weighted by Gasteiger charge is -2.08. The molecule has 0 atom stereocenters. The molecule has 0 unspecified atom stereocenters. The van der Waals surface area contributed by atoms with Crippen LogP contribution in [-0.2, 0) is 6.42 Å². The monoisotopic (exact) mass is 250 g/mol. The topological polar surface area (TPSA) is 29.5 Å². The molecule has 0 aromatic heterocycles. The van der Waals surface area contributed by atoms with Crippen molar-refractivity contribution < 1.29 is 18.6 Å². The first kappa shape index (κ1) is 12.5. The Balaban J connectivity index is 2.19. The van der Waals surface area contributed by atoms with Gasteiger partial charge in [-0.3, -0.25) is 0 Å². The zero-order chi connectivity index (χ0) is 13.0. The molecular formula is C14H12F2O2. The molecule has 1 N–H and O–H groups in total. The van der Waals surface area contributed by atoms with E-state index in [1.165, 1.54) is 30.3 Å². The van der Waals surface area contributed by atoms with Crippen molar-refractivity contribution in [2.75, 3.05) is 6.61 Å². The van der Waals surface area contributed by atoms with Gasteiger partial charge in [-0.1, -0.05) is 12.1 Å². The fourth-order valence-electron chi connectivity index (χ4n) is 1.57. The Morgan fingerprint density at radius 2 is 1.89 bits per heavy atom. The summed E-state index contributed by atoms with van der Waals surface area (Å²) in [5.74, 6) is -0.707. The molecule has 2 aromatic rings. The number of benzene rings is 2. The zero-order valence-corrected chi connectivity index (χ0v) is 9.57. The van der Waals surface area contributed by atoms with Gasteiger partial charge in [-0.25, -0.2) is 8.78 Å². The van der Waals surface area contributed by atoms with Gasteiger partial charge in [0.1, 0.15) is 11.6 Å². The van der Waals surface area contributed by atoms with Crippen molar-refractivity contribution in [3.8, 4) is 11.5 Å². The minimum absolute atomic E-state index is 0.0299. The highest BCUT2D eigenvalue weighted by molar-refractivity contribution is 5.34. The number of halogens is 2. The molecule has 94 valence electrons. The lowest BCUT2D eigenvalue weighted by atomic mass is 10.1. The van der Waals surface area contributed by atoms with E-state index >= 15 is 0 Å². The predicted octanol–water partition coefficient (Wildman–Crippen LogP) is 3.29. The molecule has 0 amide bonds. The maximum absolute atomic E-state index is 13.7. The van der Waals surface area contributed by atoms with Crippen LogP contribution in [0.1, 0.15) is 5.56 Å². The maximum atomic E-state index is 13.7. The summed E-state index contributed by atoms with van der Waals surface area (Å²) in [5.41, 5.74) is 0.682. The molecule has 2 rings (SSSR count). The van der Waals surface area contributed by atoms with Crippen molar-refractivity contribution in [3.05, 3.63) is 59.7 Å². The largest absolute Gasteiger partial charge is 0.454 e. The van der Waals surface area contributed by atoms with E-state index in [4.69, 9.17) is 9.84 Å². The summed E-state index contributed by atoms with van der Waals surface area (Å²) >= 11 is 0. The lowest BCUT2D eigenvalue weighted by molar-refractivity contribution is 0.299. The smallest absolute Gasteiger partial charge is 0.165 e. The summed E-state index contributed by atoms with van der Waals surface area (Å²) in [4.78, 5) is 0. The first-order chi connectivity index (χ1) is 8.69. The molecule has 0 fully saturated rings. The third-order valence-corrected chi connectivity index (χ3v) is 2.42. The minimum Gasteiger partial charge on any atom is -0.454 e. The summed E-state index contributed by atoms with van der Waals surface area (Å²) in [6, 6.07) is 9.92. The number of aliphatic hydroxyl groups excluding tert-OH is 1. The highest BCUT2D eigenvalue weighted by Crippen LogP contribution is 2.25. The summed E-state index contributed by atoms with van der Waals surface area (Å²) in [5, 5.41) is 8.75. The summed E-state index contributed by atoms with van der Waals surface area (Å²) in [6.07, 6.45) is 0.386. The molecule has 0 bridgehead atoms. The van der Waals surface area contributed by atoms with Crippen molar-refractivity contribution >= 4 is 0 Å². The van der Waals surface area contributed by atoms with Gasteiger partial charge in [-0.2, -0.15) is 0 Å². The second-order valence-corrected chi connectivity index (χ2v) is 3.80. The first-order valence-corrected chi connectivity index (χ1v) is 5.52. The van der Waals surface area contributed by atoms with Gasteiger partial charge in [-0.15, -0.1) is 0 Å². The molecule has 0 heterocycles. The van der Waals surface area contributed by atoms with Crippen LogP contribution in [0.2, 0.25) is 0 Å². The predicted molar refractivity (Wildman–Crippen MR) is 63.7 cm³/mol. The average Bonchev–Trinajstić information content (AvgIpc) is 2.33. The van der Waals surface area contributed by atoms with Gasteiger partial charge in [0.2, 0.25) is 0 Å². The van der Waals surface area contributed by atoms with Crippen molar-refractivity contribution in [1.29, 1.82) is 0 Å². The normalized spacial score (nSPS) is 10.4. The van der Waals surface area contributed by atoms with Gasteiger partial charge in [0.25, 0.3) is 0 Å². The van der Waals surface area contributed by atoms with Crippen LogP contribution in [0.25, 0.3) is 0 Å². The van der Waals surface area contributed by atoms with Crippen molar-refractivity contribution in [2.45, 2.75) is 6.42 Å². The Hall–Kier alpha value is -1.94. The van der Waals surface area contributed by atoms with E-state index in [0.29, 0.717) is 12.0 Å². The molecule has 0 radical (unpaired) electrons. The Morgan fingerprint density at radius 1 is 1.06 bits per heavy atom. The Morgan fingerprint density at radius 3 is 2.56 bits per heavy atom. The van der Waals surface area contributed by atoms with Gasteiger partial charge in [-0.05, 0) is 36.2 Å². The van der Waals surface area contributed by atoms with Crippen molar-refractivity contribution in [3.63, 3.8) is 0 Å². The summed E-state index contributed by atoms with van der Waals surface area (Å²) in [7, 11) is 0. The summed E-state index contributed by atoms with van der Waals surface area (Å²) < 4.78 is 31.8.